The van der Waals surface area contributed by atoms with E-state index in [0.717, 1.165) is 5.56 Å². The molecule has 0 radical (unpaired) electrons. The van der Waals surface area contributed by atoms with E-state index in [2.05, 4.69) is 0 Å². The number of carbonyl (C=O) groups is 1. The molecule has 1 amide bonds. The summed E-state index contributed by atoms with van der Waals surface area (Å²) in [5.74, 6) is 1.16. The number of halogens is 2. The molecule has 0 aliphatic carbocycles. The van der Waals surface area contributed by atoms with Gasteiger partial charge in [0.1, 0.15) is 11.5 Å². The highest BCUT2D eigenvalue weighted by Crippen LogP contribution is 2.27. The topological polar surface area (TPSA) is 38.8 Å². The van der Waals surface area contributed by atoms with Crippen LogP contribution in [0.5, 0.6) is 11.5 Å². The van der Waals surface area contributed by atoms with Crippen molar-refractivity contribution in [3.8, 4) is 11.5 Å². The van der Waals surface area contributed by atoms with Crippen molar-refractivity contribution in [1.82, 2.24) is 4.90 Å². The van der Waals surface area contributed by atoms with Crippen molar-refractivity contribution in [3.63, 3.8) is 0 Å². The van der Waals surface area contributed by atoms with Crippen molar-refractivity contribution in [2.75, 3.05) is 21.3 Å². The highest BCUT2D eigenvalue weighted by Gasteiger charge is 2.17. The molecule has 0 atom stereocenters. The molecule has 0 saturated carbocycles. The number of hydrogen-bond donors (Lipinski definition) is 0. The van der Waals surface area contributed by atoms with Crippen molar-refractivity contribution in [3.05, 3.63) is 57.6 Å². The molecule has 0 fully saturated rings. The van der Waals surface area contributed by atoms with E-state index in [0.29, 0.717) is 33.7 Å². The van der Waals surface area contributed by atoms with E-state index >= 15 is 0 Å². The summed E-state index contributed by atoms with van der Waals surface area (Å²) in [5, 5.41) is 0.821. The van der Waals surface area contributed by atoms with Gasteiger partial charge in [-0.25, -0.2) is 0 Å². The molecular weight excluding hydrogens is 337 g/mol. The Kier molecular flexibility index (Phi) is 5.74. The average molecular weight is 354 g/mol. The second kappa shape index (κ2) is 7.57. The van der Waals surface area contributed by atoms with Crippen LogP contribution in [0.15, 0.2) is 36.4 Å². The molecule has 0 bridgehead atoms. The van der Waals surface area contributed by atoms with Gasteiger partial charge in [0.05, 0.1) is 24.8 Å². The third-order valence-corrected chi connectivity index (χ3v) is 3.96. The largest absolute Gasteiger partial charge is 0.497 e. The third kappa shape index (κ3) is 4.09. The van der Waals surface area contributed by atoms with Crippen molar-refractivity contribution in [1.29, 1.82) is 0 Å². The average Bonchev–Trinajstić information content (AvgIpc) is 2.54. The number of carbonyl (C=O) groups excluding carboxylic acids is 1. The van der Waals surface area contributed by atoms with E-state index in [4.69, 9.17) is 32.7 Å². The summed E-state index contributed by atoms with van der Waals surface area (Å²) in [4.78, 5) is 14.1. The first-order chi connectivity index (χ1) is 11.0. The molecular formula is C17H17Cl2NO3. The molecule has 4 nitrogen and oxygen atoms in total. The van der Waals surface area contributed by atoms with Gasteiger partial charge in [0.25, 0.3) is 5.91 Å². The zero-order valence-electron chi connectivity index (χ0n) is 13.1. The molecule has 0 aliphatic rings. The van der Waals surface area contributed by atoms with Gasteiger partial charge in [-0.2, -0.15) is 0 Å². The maximum absolute atomic E-state index is 12.5. The number of benzene rings is 2. The third-order valence-electron chi connectivity index (χ3n) is 3.41. The van der Waals surface area contributed by atoms with Crippen LogP contribution in [0.1, 0.15) is 15.9 Å². The molecule has 2 rings (SSSR count). The molecule has 0 saturated heterocycles. The maximum atomic E-state index is 12.5. The highest BCUT2D eigenvalue weighted by molar-refractivity contribution is 6.36. The predicted molar refractivity (Wildman–Crippen MR) is 91.8 cm³/mol. The van der Waals surface area contributed by atoms with Gasteiger partial charge in [0.2, 0.25) is 0 Å². The number of methoxy groups -OCH3 is 2. The lowest BCUT2D eigenvalue weighted by Crippen LogP contribution is -2.26. The second-order valence-electron chi connectivity index (χ2n) is 4.96. The van der Waals surface area contributed by atoms with Gasteiger partial charge in [0, 0.05) is 30.2 Å². The van der Waals surface area contributed by atoms with Crippen molar-refractivity contribution >= 4 is 29.1 Å². The molecule has 122 valence electrons. The second-order valence-corrected chi connectivity index (χ2v) is 5.81. The molecule has 2 aromatic carbocycles. The Balaban J connectivity index is 2.21. The molecule has 0 aliphatic heterocycles. The lowest BCUT2D eigenvalue weighted by Gasteiger charge is -2.20. The van der Waals surface area contributed by atoms with Gasteiger partial charge in [-0.15, -0.1) is 0 Å². The lowest BCUT2D eigenvalue weighted by molar-refractivity contribution is 0.0784. The first-order valence-electron chi connectivity index (χ1n) is 6.87. The normalized spacial score (nSPS) is 10.3. The van der Waals surface area contributed by atoms with Crippen LogP contribution < -0.4 is 9.47 Å². The van der Waals surface area contributed by atoms with Crippen LogP contribution in [0.2, 0.25) is 10.0 Å². The number of amides is 1. The van der Waals surface area contributed by atoms with Crippen molar-refractivity contribution in [2.24, 2.45) is 0 Å². The van der Waals surface area contributed by atoms with Crippen LogP contribution in [0.4, 0.5) is 0 Å². The number of hydrogen-bond acceptors (Lipinski definition) is 3. The van der Waals surface area contributed by atoms with E-state index in [9.17, 15) is 4.79 Å². The Morgan fingerprint density at radius 3 is 2.43 bits per heavy atom. The first-order valence-corrected chi connectivity index (χ1v) is 7.63. The van der Waals surface area contributed by atoms with E-state index in [1.165, 1.54) is 0 Å². The SMILES string of the molecule is COc1ccc(CN(C)C(=O)c2ccc(Cl)cc2Cl)c(OC)c1. The summed E-state index contributed by atoms with van der Waals surface area (Å²) >= 11 is 12.0. The maximum Gasteiger partial charge on any atom is 0.255 e. The summed E-state index contributed by atoms with van der Waals surface area (Å²) < 4.78 is 10.5. The van der Waals surface area contributed by atoms with Gasteiger partial charge in [-0.05, 0) is 30.3 Å². The van der Waals surface area contributed by atoms with Crippen LogP contribution in [0.25, 0.3) is 0 Å². The molecule has 0 aromatic heterocycles. The minimum atomic E-state index is -0.190. The minimum Gasteiger partial charge on any atom is -0.497 e. The van der Waals surface area contributed by atoms with Crippen molar-refractivity contribution in [2.45, 2.75) is 6.54 Å². The quantitative estimate of drug-likeness (QED) is 0.804. The zero-order chi connectivity index (χ0) is 17.0. The van der Waals surface area contributed by atoms with Crippen LogP contribution in [0, 0.1) is 0 Å². The van der Waals surface area contributed by atoms with E-state index in [1.54, 1.807) is 50.4 Å². The van der Waals surface area contributed by atoms with Crippen LogP contribution in [-0.4, -0.2) is 32.1 Å². The number of rotatable bonds is 5. The predicted octanol–water partition coefficient (Wildman–Crippen LogP) is 4.28. The standard InChI is InChI=1S/C17H17Cl2NO3/c1-20(17(21)14-7-5-12(18)8-15(14)19)10-11-4-6-13(22-2)9-16(11)23-3/h4-9H,10H2,1-3H3. The number of nitrogens with zero attached hydrogens (tertiary/aromatic N) is 1. The fraction of sp³-hybridized carbons (Fsp3) is 0.235. The van der Waals surface area contributed by atoms with Crippen molar-refractivity contribution < 1.29 is 14.3 Å². The monoisotopic (exact) mass is 353 g/mol. The molecule has 0 spiro atoms. The zero-order valence-corrected chi connectivity index (χ0v) is 14.6. The molecule has 0 unspecified atom stereocenters. The summed E-state index contributed by atoms with van der Waals surface area (Å²) in [7, 11) is 4.87. The Morgan fingerprint density at radius 1 is 1.09 bits per heavy atom. The van der Waals surface area contributed by atoms with Gasteiger partial charge in [-0.3, -0.25) is 4.79 Å². The lowest BCUT2D eigenvalue weighted by atomic mass is 10.1. The molecule has 2 aromatic rings. The molecule has 0 heterocycles. The molecule has 0 N–H and O–H groups in total. The molecule has 6 heteroatoms. The van der Waals surface area contributed by atoms with Crippen LogP contribution in [-0.2, 0) is 6.54 Å². The summed E-state index contributed by atoms with van der Waals surface area (Å²) in [6.45, 7) is 0.380. The van der Waals surface area contributed by atoms with Gasteiger partial charge < -0.3 is 14.4 Å². The summed E-state index contributed by atoms with van der Waals surface area (Å²) in [6.07, 6.45) is 0. The first kappa shape index (κ1) is 17.4. The molecule has 23 heavy (non-hydrogen) atoms. The van der Waals surface area contributed by atoms with Gasteiger partial charge >= 0.3 is 0 Å². The minimum absolute atomic E-state index is 0.190. The van der Waals surface area contributed by atoms with Gasteiger partial charge in [-0.1, -0.05) is 23.2 Å². The van der Waals surface area contributed by atoms with E-state index in [1.807, 2.05) is 12.1 Å². The van der Waals surface area contributed by atoms with Crippen LogP contribution in [0.3, 0.4) is 0 Å². The Bertz CT molecular complexity index is 719. The fourth-order valence-electron chi connectivity index (χ4n) is 2.18. The summed E-state index contributed by atoms with van der Waals surface area (Å²) in [6, 6.07) is 10.3. The highest BCUT2D eigenvalue weighted by atomic mass is 35.5. The Morgan fingerprint density at radius 2 is 1.83 bits per heavy atom. The number of ether oxygens (including phenoxy) is 2. The Labute approximate surface area is 145 Å². The van der Waals surface area contributed by atoms with Gasteiger partial charge in [0.15, 0.2) is 0 Å². The van der Waals surface area contributed by atoms with Crippen LogP contribution >= 0.6 is 23.2 Å². The smallest absolute Gasteiger partial charge is 0.255 e. The van der Waals surface area contributed by atoms with E-state index < -0.39 is 0 Å². The van der Waals surface area contributed by atoms with E-state index in [-0.39, 0.29) is 5.91 Å². The summed E-state index contributed by atoms with van der Waals surface area (Å²) in [5.41, 5.74) is 1.28. The fourth-order valence-corrected chi connectivity index (χ4v) is 2.67. The Hall–Kier alpha value is -1.91.